The van der Waals surface area contributed by atoms with Gasteiger partial charge in [-0.2, -0.15) is 0 Å². The van der Waals surface area contributed by atoms with Gasteiger partial charge in [0.15, 0.2) is 11.6 Å². The van der Waals surface area contributed by atoms with Crippen LogP contribution < -0.4 is 15.8 Å². The van der Waals surface area contributed by atoms with Crippen molar-refractivity contribution >= 4 is 11.6 Å². The molecule has 1 amide bonds. The number of nitrogens with one attached hydrogen (secondary N) is 1. The molecule has 0 bridgehead atoms. The zero-order valence-corrected chi connectivity index (χ0v) is 13.4. The van der Waals surface area contributed by atoms with Crippen LogP contribution in [0.5, 0.6) is 5.75 Å². The maximum Gasteiger partial charge on any atom is 0.224 e. The van der Waals surface area contributed by atoms with Crippen molar-refractivity contribution in [3.63, 3.8) is 0 Å². The van der Waals surface area contributed by atoms with E-state index in [0.29, 0.717) is 12.1 Å². The van der Waals surface area contributed by atoms with E-state index in [0.717, 1.165) is 44.9 Å². The zero-order valence-electron chi connectivity index (χ0n) is 13.4. The summed E-state index contributed by atoms with van der Waals surface area (Å²) in [5, 5.41) is 2.76. The van der Waals surface area contributed by atoms with Gasteiger partial charge in [-0.3, -0.25) is 4.79 Å². The predicted molar refractivity (Wildman–Crippen MR) is 87.8 cm³/mol. The number of carbonyl (C=O) groups is 1. The fraction of sp³-hybridized carbons (Fsp3) is 0.611. The Balaban J connectivity index is 1.55. The van der Waals surface area contributed by atoms with Gasteiger partial charge < -0.3 is 15.8 Å². The molecule has 0 heterocycles. The van der Waals surface area contributed by atoms with Gasteiger partial charge in [0.25, 0.3) is 0 Å². The average molecular weight is 320 g/mol. The number of hydrogen-bond donors (Lipinski definition) is 2. The van der Waals surface area contributed by atoms with Crippen molar-refractivity contribution in [3.8, 4) is 5.75 Å². The Bertz CT molecular complexity index is 558. The Kier molecular flexibility index (Phi) is 5.16. The molecule has 0 saturated heterocycles. The highest BCUT2D eigenvalue weighted by Gasteiger charge is 2.26. The number of anilines is 1. The lowest BCUT2D eigenvalue weighted by atomic mass is 10.00. The molecule has 126 valence electrons. The number of ether oxygens (including phenoxy) is 1. The third-order valence-corrected chi connectivity index (χ3v) is 4.98. The monoisotopic (exact) mass is 320 g/mol. The standard InChI is InChI=1S/C18H25FN2O2/c19-15-11-13(8-9-17(15)23-14-5-1-2-6-14)21-18(22)10-12-4-3-7-16(12)20/h8-9,11-12,14,16H,1-7,10,20H2,(H,21,22)/t12-,16+/m0/s1. The first-order valence-electron chi connectivity index (χ1n) is 8.63. The first-order chi connectivity index (χ1) is 11.1. The summed E-state index contributed by atoms with van der Waals surface area (Å²) < 4.78 is 19.8. The van der Waals surface area contributed by atoms with E-state index in [1.807, 2.05) is 0 Å². The Labute approximate surface area is 136 Å². The summed E-state index contributed by atoms with van der Waals surface area (Å²) in [6.45, 7) is 0. The molecule has 0 spiro atoms. The van der Waals surface area contributed by atoms with E-state index in [4.69, 9.17) is 10.5 Å². The van der Waals surface area contributed by atoms with E-state index < -0.39 is 5.82 Å². The molecule has 3 N–H and O–H groups in total. The van der Waals surface area contributed by atoms with E-state index in [9.17, 15) is 9.18 Å². The van der Waals surface area contributed by atoms with Crippen LogP contribution >= 0.6 is 0 Å². The molecule has 2 aliphatic carbocycles. The molecule has 3 rings (SSSR count). The summed E-state index contributed by atoms with van der Waals surface area (Å²) in [6.07, 6.45) is 7.85. The van der Waals surface area contributed by atoms with E-state index in [2.05, 4.69) is 5.32 Å². The average Bonchev–Trinajstić information content (AvgIpc) is 3.15. The van der Waals surface area contributed by atoms with Crippen LogP contribution in [-0.4, -0.2) is 18.1 Å². The van der Waals surface area contributed by atoms with Crippen molar-refractivity contribution in [2.45, 2.75) is 63.5 Å². The van der Waals surface area contributed by atoms with Crippen LogP contribution in [-0.2, 0) is 4.79 Å². The second-order valence-electron chi connectivity index (χ2n) is 6.78. The van der Waals surface area contributed by atoms with Crippen LogP contribution in [0.3, 0.4) is 0 Å². The predicted octanol–water partition coefficient (Wildman–Crippen LogP) is 3.60. The smallest absolute Gasteiger partial charge is 0.224 e. The molecular weight excluding hydrogens is 295 g/mol. The van der Waals surface area contributed by atoms with Crippen molar-refractivity contribution < 1.29 is 13.9 Å². The van der Waals surface area contributed by atoms with Crippen molar-refractivity contribution in [3.05, 3.63) is 24.0 Å². The minimum Gasteiger partial charge on any atom is -0.487 e. The van der Waals surface area contributed by atoms with Gasteiger partial charge in [-0.25, -0.2) is 4.39 Å². The third kappa shape index (κ3) is 4.22. The van der Waals surface area contributed by atoms with E-state index in [-0.39, 0.29) is 29.7 Å². The van der Waals surface area contributed by atoms with Gasteiger partial charge in [0.2, 0.25) is 5.91 Å². The van der Waals surface area contributed by atoms with Gasteiger partial charge in [-0.1, -0.05) is 6.42 Å². The second kappa shape index (κ2) is 7.30. The molecule has 0 aromatic heterocycles. The maximum absolute atomic E-state index is 14.1. The highest BCUT2D eigenvalue weighted by molar-refractivity contribution is 5.91. The van der Waals surface area contributed by atoms with Crippen LogP contribution in [0.4, 0.5) is 10.1 Å². The molecule has 2 atom stereocenters. The SMILES string of the molecule is N[C@@H]1CCC[C@H]1CC(=O)Nc1ccc(OC2CCCC2)c(F)c1. The summed E-state index contributed by atoms with van der Waals surface area (Å²) in [4.78, 5) is 12.1. The van der Waals surface area contributed by atoms with Crippen LogP contribution in [0.25, 0.3) is 0 Å². The normalized spacial score (nSPS) is 24.8. The lowest BCUT2D eigenvalue weighted by Gasteiger charge is -2.16. The molecule has 2 aliphatic rings. The highest BCUT2D eigenvalue weighted by Crippen LogP contribution is 2.29. The molecule has 0 radical (unpaired) electrons. The molecule has 0 aliphatic heterocycles. The Hall–Kier alpha value is -1.62. The van der Waals surface area contributed by atoms with Gasteiger partial charge in [0, 0.05) is 24.2 Å². The molecule has 4 nitrogen and oxygen atoms in total. The number of carbonyl (C=O) groups excluding carboxylic acids is 1. The summed E-state index contributed by atoms with van der Waals surface area (Å²) >= 11 is 0. The molecule has 2 fully saturated rings. The minimum absolute atomic E-state index is 0.101. The topological polar surface area (TPSA) is 64.4 Å². The number of halogens is 1. The maximum atomic E-state index is 14.1. The zero-order chi connectivity index (χ0) is 16.2. The lowest BCUT2D eigenvalue weighted by molar-refractivity contribution is -0.117. The van der Waals surface area contributed by atoms with Gasteiger partial charge in [0.1, 0.15) is 0 Å². The van der Waals surface area contributed by atoms with E-state index in [1.165, 1.54) is 6.07 Å². The Morgan fingerprint density at radius 3 is 2.65 bits per heavy atom. The number of hydrogen-bond acceptors (Lipinski definition) is 3. The Morgan fingerprint density at radius 1 is 1.22 bits per heavy atom. The highest BCUT2D eigenvalue weighted by atomic mass is 19.1. The molecule has 1 aromatic rings. The molecule has 5 heteroatoms. The van der Waals surface area contributed by atoms with Crippen molar-refractivity contribution in [1.82, 2.24) is 0 Å². The van der Waals surface area contributed by atoms with E-state index >= 15 is 0 Å². The van der Waals surface area contributed by atoms with Crippen LogP contribution in [0.1, 0.15) is 51.4 Å². The number of amides is 1. The molecular formula is C18H25FN2O2. The van der Waals surface area contributed by atoms with Crippen molar-refractivity contribution in [2.75, 3.05) is 5.32 Å². The van der Waals surface area contributed by atoms with Crippen LogP contribution in [0.15, 0.2) is 18.2 Å². The summed E-state index contributed by atoms with van der Waals surface area (Å²) in [5.41, 5.74) is 6.46. The largest absolute Gasteiger partial charge is 0.487 e. The summed E-state index contributed by atoms with van der Waals surface area (Å²) in [6, 6.07) is 4.74. The molecule has 1 aromatic carbocycles. The molecule has 23 heavy (non-hydrogen) atoms. The quantitative estimate of drug-likeness (QED) is 0.871. The summed E-state index contributed by atoms with van der Waals surface area (Å²) in [7, 11) is 0. The van der Waals surface area contributed by atoms with Gasteiger partial charge in [-0.15, -0.1) is 0 Å². The van der Waals surface area contributed by atoms with Gasteiger partial charge in [-0.05, 0) is 56.6 Å². The van der Waals surface area contributed by atoms with Gasteiger partial charge in [0.05, 0.1) is 6.10 Å². The van der Waals surface area contributed by atoms with Crippen LogP contribution in [0.2, 0.25) is 0 Å². The van der Waals surface area contributed by atoms with Crippen LogP contribution in [0, 0.1) is 11.7 Å². The number of nitrogens with two attached hydrogens (primary N) is 1. The van der Waals surface area contributed by atoms with Gasteiger partial charge >= 0.3 is 0 Å². The Morgan fingerprint density at radius 2 is 2.00 bits per heavy atom. The molecule has 0 unspecified atom stereocenters. The second-order valence-corrected chi connectivity index (χ2v) is 6.78. The fourth-order valence-corrected chi connectivity index (χ4v) is 3.63. The minimum atomic E-state index is -0.424. The first-order valence-corrected chi connectivity index (χ1v) is 8.63. The van der Waals surface area contributed by atoms with E-state index in [1.54, 1.807) is 12.1 Å². The van der Waals surface area contributed by atoms with Crippen molar-refractivity contribution in [2.24, 2.45) is 11.7 Å². The number of benzene rings is 1. The lowest BCUT2D eigenvalue weighted by Crippen LogP contribution is -2.28. The summed E-state index contributed by atoms with van der Waals surface area (Å²) in [5.74, 6) is -0.0130. The molecule has 2 saturated carbocycles. The fourth-order valence-electron chi connectivity index (χ4n) is 3.63. The third-order valence-electron chi connectivity index (χ3n) is 4.98. The first kappa shape index (κ1) is 16.2. The van der Waals surface area contributed by atoms with Crippen molar-refractivity contribution in [1.29, 1.82) is 0 Å². The number of rotatable bonds is 5.